The van der Waals surface area contributed by atoms with Crippen molar-refractivity contribution in [3.8, 4) is 0 Å². The second-order valence-electron chi connectivity index (χ2n) is 5.06. The van der Waals surface area contributed by atoms with E-state index >= 15 is 0 Å². The van der Waals surface area contributed by atoms with Gasteiger partial charge in [-0.05, 0) is 19.3 Å². The molecule has 8 heteroatoms. The van der Waals surface area contributed by atoms with Gasteiger partial charge in [0.05, 0.1) is 4.92 Å². The minimum absolute atomic E-state index is 0.0687. The number of likely N-dealkylation sites (tertiary alicyclic amines) is 1. The number of H-pyrrole nitrogens is 1. The second-order valence-corrected chi connectivity index (χ2v) is 5.06. The molecule has 0 aliphatic carbocycles. The standard InChI is InChI=1S/C12H19N5O3/c1-2-4-9-11(17(19)20)10(15-14-9)12(18)16-6-3-5-8(13)7-16/h8H,2-7,13H2,1H3,(H,14,15). The number of nitrogens with one attached hydrogen (secondary N) is 1. The third kappa shape index (κ3) is 2.79. The fourth-order valence-corrected chi connectivity index (χ4v) is 2.49. The Balaban J connectivity index is 2.27. The van der Waals surface area contributed by atoms with Crippen molar-refractivity contribution in [2.75, 3.05) is 13.1 Å². The van der Waals surface area contributed by atoms with E-state index in [1.54, 1.807) is 4.90 Å². The zero-order valence-electron chi connectivity index (χ0n) is 11.5. The predicted octanol–water partition coefficient (Wildman–Crippen LogP) is 0.834. The largest absolute Gasteiger partial charge is 0.335 e. The van der Waals surface area contributed by atoms with Crippen LogP contribution < -0.4 is 5.73 Å². The SMILES string of the molecule is CCCc1[nH]nc(C(=O)N2CCCC(N)C2)c1[N+](=O)[O-]. The molecule has 110 valence electrons. The summed E-state index contributed by atoms with van der Waals surface area (Å²) in [5.41, 5.74) is 5.94. The summed E-state index contributed by atoms with van der Waals surface area (Å²) in [6.07, 6.45) is 2.92. The summed E-state index contributed by atoms with van der Waals surface area (Å²) in [6, 6.07) is -0.0687. The molecule has 1 fully saturated rings. The molecule has 20 heavy (non-hydrogen) atoms. The van der Waals surface area contributed by atoms with Crippen molar-refractivity contribution in [1.29, 1.82) is 0 Å². The van der Waals surface area contributed by atoms with Crippen molar-refractivity contribution in [3.63, 3.8) is 0 Å². The number of aromatic amines is 1. The summed E-state index contributed by atoms with van der Waals surface area (Å²) in [5, 5.41) is 17.7. The van der Waals surface area contributed by atoms with Crippen molar-refractivity contribution >= 4 is 11.6 Å². The molecule has 1 unspecified atom stereocenters. The molecule has 0 saturated carbocycles. The molecular formula is C12H19N5O3. The van der Waals surface area contributed by atoms with Crippen LogP contribution in [0, 0.1) is 10.1 Å². The lowest BCUT2D eigenvalue weighted by molar-refractivity contribution is -0.385. The monoisotopic (exact) mass is 281 g/mol. The van der Waals surface area contributed by atoms with Crippen LogP contribution in [-0.4, -0.2) is 45.1 Å². The van der Waals surface area contributed by atoms with Gasteiger partial charge in [-0.3, -0.25) is 20.0 Å². The van der Waals surface area contributed by atoms with Gasteiger partial charge < -0.3 is 10.6 Å². The van der Waals surface area contributed by atoms with Crippen LogP contribution in [0.25, 0.3) is 0 Å². The molecule has 0 radical (unpaired) electrons. The number of carbonyl (C=O) groups excluding carboxylic acids is 1. The van der Waals surface area contributed by atoms with Crippen LogP contribution in [0.4, 0.5) is 5.69 Å². The highest BCUT2D eigenvalue weighted by atomic mass is 16.6. The normalized spacial score (nSPS) is 19.1. The van der Waals surface area contributed by atoms with E-state index < -0.39 is 10.8 Å². The number of rotatable bonds is 4. The lowest BCUT2D eigenvalue weighted by Gasteiger charge is -2.29. The third-order valence-corrected chi connectivity index (χ3v) is 3.44. The summed E-state index contributed by atoms with van der Waals surface area (Å²) in [6.45, 7) is 2.90. The first kappa shape index (κ1) is 14.4. The molecule has 1 aliphatic rings. The molecule has 0 bridgehead atoms. The number of aryl methyl sites for hydroxylation is 1. The Hall–Kier alpha value is -1.96. The minimum Gasteiger partial charge on any atom is -0.335 e. The Morgan fingerprint density at radius 1 is 1.65 bits per heavy atom. The Bertz CT molecular complexity index is 513. The van der Waals surface area contributed by atoms with Gasteiger partial charge in [0, 0.05) is 19.1 Å². The first-order chi connectivity index (χ1) is 9.54. The van der Waals surface area contributed by atoms with Crippen LogP contribution in [0.1, 0.15) is 42.4 Å². The highest BCUT2D eigenvalue weighted by Crippen LogP contribution is 2.24. The van der Waals surface area contributed by atoms with Crippen molar-refractivity contribution in [2.45, 2.75) is 38.6 Å². The Labute approximate surface area is 116 Å². The molecule has 3 N–H and O–H groups in total. The molecular weight excluding hydrogens is 262 g/mol. The van der Waals surface area contributed by atoms with Gasteiger partial charge >= 0.3 is 5.69 Å². The topological polar surface area (TPSA) is 118 Å². The van der Waals surface area contributed by atoms with Gasteiger partial charge in [0.15, 0.2) is 0 Å². The average molecular weight is 281 g/mol. The fourth-order valence-electron chi connectivity index (χ4n) is 2.49. The first-order valence-electron chi connectivity index (χ1n) is 6.81. The molecule has 1 aromatic heterocycles. The number of amides is 1. The van der Waals surface area contributed by atoms with Gasteiger partial charge in [-0.15, -0.1) is 0 Å². The Morgan fingerprint density at radius 2 is 2.40 bits per heavy atom. The zero-order valence-corrected chi connectivity index (χ0v) is 11.5. The lowest BCUT2D eigenvalue weighted by Crippen LogP contribution is -2.45. The molecule has 0 aromatic carbocycles. The van der Waals surface area contributed by atoms with Crippen molar-refractivity contribution in [2.24, 2.45) is 5.73 Å². The molecule has 1 aliphatic heterocycles. The highest BCUT2D eigenvalue weighted by Gasteiger charge is 2.33. The molecule has 1 atom stereocenters. The summed E-state index contributed by atoms with van der Waals surface area (Å²) in [7, 11) is 0. The van der Waals surface area contributed by atoms with E-state index in [-0.39, 0.29) is 17.4 Å². The second kappa shape index (κ2) is 6.00. The van der Waals surface area contributed by atoms with Crippen LogP contribution in [0.3, 0.4) is 0 Å². The third-order valence-electron chi connectivity index (χ3n) is 3.44. The quantitative estimate of drug-likeness (QED) is 0.626. The van der Waals surface area contributed by atoms with E-state index in [2.05, 4.69) is 10.2 Å². The van der Waals surface area contributed by atoms with E-state index in [0.29, 0.717) is 25.2 Å². The van der Waals surface area contributed by atoms with E-state index in [9.17, 15) is 14.9 Å². The van der Waals surface area contributed by atoms with Crippen LogP contribution >= 0.6 is 0 Å². The molecule has 1 amide bonds. The maximum atomic E-state index is 12.4. The summed E-state index contributed by atoms with van der Waals surface area (Å²) >= 11 is 0. The number of hydrogen-bond donors (Lipinski definition) is 2. The summed E-state index contributed by atoms with van der Waals surface area (Å²) in [4.78, 5) is 24.6. The number of aromatic nitrogens is 2. The highest BCUT2D eigenvalue weighted by molar-refractivity contribution is 5.96. The van der Waals surface area contributed by atoms with Crippen LogP contribution in [0.15, 0.2) is 0 Å². The summed E-state index contributed by atoms with van der Waals surface area (Å²) in [5.74, 6) is -0.412. The molecule has 8 nitrogen and oxygen atoms in total. The average Bonchev–Trinajstić information content (AvgIpc) is 2.82. The van der Waals surface area contributed by atoms with Gasteiger partial charge in [-0.25, -0.2) is 0 Å². The minimum atomic E-state index is -0.536. The van der Waals surface area contributed by atoms with Gasteiger partial charge in [-0.1, -0.05) is 13.3 Å². The molecule has 0 spiro atoms. The Kier molecular flexibility index (Phi) is 4.33. The fraction of sp³-hybridized carbons (Fsp3) is 0.667. The van der Waals surface area contributed by atoms with Gasteiger partial charge in [0.2, 0.25) is 5.69 Å². The maximum Gasteiger partial charge on any atom is 0.322 e. The number of carbonyl (C=O) groups is 1. The van der Waals surface area contributed by atoms with Gasteiger partial charge in [0.25, 0.3) is 5.91 Å². The van der Waals surface area contributed by atoms with E-state index in [1.165, 1.54) is 0 Å². The van der Waals surface area contributed by atoms with E-state index in [1.807, 2.05) is 6.92 Å². The van der Waals surface area contributed by atoms with Gasteiger partial charge in [0.1, 0.15) is 5.69 Å². The van der Waals surface area contributed by atoms with Crippen LogP contribution in [0.5, 0.6) is 0 Å². The molecule has 2 rings (SSSR count). The van der Waals surface area contributed by atoms with E-state index in [0.717, 1.165) is 19.3 Å². The maximum absolute atomic E-state index is 12.4. The van der Waals surface area contributed by atoms with Gasteiger partial charge in [-0.2, -0.15) is 5.10 Å². The van der Waals surface area contributed by atoms with Crippen LogP contribution in [0.2, 0.25) is 0 Å². The van der Waals surface area contributed by atoms with Crippen molar-refractivity contribution in [3.05, 3.63) is 21.5 Å². The molecule has 2 heterocycles. The predicted molar refractivity (Wildman–Crippen MR) is 72.4 cm³/mol. The first-order valence-corrected chi connectivity index (χ1v) is 6.81. The molecule has 1 saturated heterocycles. The number of piperidine rings is 1. The van der Waals surface area contributed by atoms with Crippen LogP contribution in [-0.2, 0) is 6.42 Å². The number of nitro groups is 1. The van der Waals surface area contributed by atoms with E-state index in [4.69, 9.17) is 5.73 Å². The summed E-state index contributed by atoms with van der Waals surface area (Å²) < 4.78 is 0. The van der Waals surface area contributed by atoms with Crippen molar-refractivity contribution < 1.29 is 9.72 Å². The lowest BCUT2D eigenvalue weighted by atomic mass is 10.1. The Morgan fingerprint density at radius 3 is 3.00 bits per heavy atom. The zero-order chi connectivity index (χ0) is 14.7. The number of nitrogens with zero attached hydrogens (tertiary/aromatic N) is 3. The smallest absolute Gasteiger partial charge is 0.322 e. The number of hydrogen-bond acceptors (Lipinski definition) is 5. The van der Waals surface area contributed by atoms with Crippen molar-refractivity contribution in [1.82, 2.24) is 15.1 Å². The molecule has 1 aromatic rings. The number of nitrogens with two attached hydrogens (primary N) is 1.